The molecule has 0 radical (unpaired) electrons. The Kier molecular flexibility index (Phi) is 6.31. The molecule has 0 aliphatic carbocycles. The van der Waals surface area contributed by atoms with E-state index in [1.54, 1.807) is 6.07 Å². The number of carboxylic acids is 1. The van der Waals surface area contributed by atoms with E-state index in [1.807, 2.05) is 42.5 Å². The van der Waals surface area contributed by atoms with Crippen LogP contribution < -0.4 is 10.1 Å². The van der Waals surface area contributed by atoms with Crippen LogP contribution in [-0.2, 0) is 17.8 Å². The Morgan fingerprint density at radius 3 is 2.79 bits per heavy atom. The summed E-state index contributed by atoms with van der Waals surface area (Å²) in [5.74, 6) is 0.352. The van der Waals surface area contributed by atoms with Crippen LogP contribution in [0.2, 0.25) is 0 Å². The Balaban J connectivity index is 1.39. The van der Waals surface area contributed by atoms with Gasteiger partial charge in [-0.15, -0.1) is 0 Å². The molecule has 2 N–H and O–H groups in total. The largest absolute Gasteiger partial charge is 0.478 e. The molecule has 3 rings (SSSR count). The number of nitrogens with zero attached hydrogens (tertiary/aromatic N) is 1. The van der Waals surface area contributed by atoms with Crippen molar-refractivity contribution < 1.29 is 19.1 Å². The number of hydrogen-bond acceptors (Lipinski definition) is 5. The second kappa shape index (κ2) is 8.89. The van der Waals surface area contributed by atoms with Crippen LogP contribution >= 0.6 is 0 Å². The molecule has 0 saturated heterocycles. The van der Waals surface area contributed by atoms with Gasteiger partial charge >= 0.3 is 5.97 Å². The minimum atomic E-state index is -1.25. The maximum atomic E-state index is 11.2. The van der Waals surface area contributed by atoms with E-state index in [0.717, 1.165) is 48.4 Å². The van der Waals surface area contributed by atoms with Crippen LogP contribution in [0.3, 0.4) is 0 Å². The standard InChI is InChI=1S/C22H26N2O4/c1-22(2,21(25)26)28-17-9-7-8-16(14-17)15-23-13-6-5-12-20-24-18-10-3-4-11-19(18)27-20/h3-4,7-11,14,23H,5-6,12-13,15H2,1-2H3,(H,25,26). The maximum absolute atomic E-state index is 11.2. The summed E-state index contributed by atoms with van der Waals surface area (Å²) in [6.07, 6.45) is 2.83. The molecular weight excluding hydrogens is 356 g/mol. The summed E-state index contributed by atoms with van der Waals surface area (Å²) < 4.78 is 11.3. The molecule has 0 aliphatic rings. The molecule has 3 aromatic rings. The molecule has 0 unspecified atom stereocenters. The van der Waals surface area contributed by atoms with Crippen molar-refractivity contribution in [3.63, 3.8) is 0 Å². The molecule has 2 aromatic carbocycles. The van der Waals surface area contributed by atoms with Crippen LogP contribution in [0.4, 0.5) is 0 Å². The Morgan fingerprint density at radius 2 is 2.00 bits per heavy atom. The van der Waals surface area contributed by atoms with E-state index in [1.165, 1.54) is 13.8 Å². The SMILES string of the molecule is CC(C)(Oc1cccc(CNCCCCc2nc3ccccc3o2)c1)C(=O)O. The lowest BCUT2D eigenvalue weighted by Crippen LogP contribution is -2.37. The molecule has 28 heavy (non-hydrogen) atoms. The number of nitrogens with one attached hydrogen (secondary N) is 1. The van der Waals surface area contributed by atoms with E-state index < -0.39 is 11.6 Å². The zero-order valence-electron chi connectivity index (χ0n) is 16.3. The minimum absolute atomic E-state index is 0.558. The molecule has 0 fully saturated rings. The number of unbranched alkanes of at least 4 members (excludes halogenated alkanes) is 1. The fraction of sp³-hybridized carbons (Fsp3) is 0.364. The number of aryl methyl sites for hydroxylation is 1. The number of rotatable bonds is 10. The minimum Gasteiger partial charge on any atom is -0.478 e. The Hall–Kier alpha value is -2.86. The quantitative estimate of drug-likeness (QED) is 0.512. The van der Waals surface area contributed by atoms with Crippen molar-refractivity contribution in [2.45, 2.75) is 45.3 Å². The smallest absolute Gasteiger partial charge is 0.347 e. The second-order valence-corrected chi connectivity index (χ2v) is 7.27. The topological polar surface area (TPSA) is 84.6 Å². The highest BCUT2D eigenvalue weighted by molar-refractivity contribution is 5.76. The number of carbonyl (C=O) groups is 1. The van der Waals surface area contributed by atoms with Crippen LogP contribution in [0.15, 0.2) is 52.9 Å². The number of benzene rings is 2. The summed E-state index contributed by atoms with van der Waals surface area (Å²) in [5.41, 5.74) is 1.54. The summed E-state index contributed by atoms with van der Waals surface area (Å²) >= 11 is 0. The molecule has 0 saturated carbocycles. The highest BCUT2D eigenvalue weighted by Crippen LogP contribution is 2.20. The van der Waals surface area contributed by atoms with Crippen molar-refractivity contribution in [1.29, 1.82) is 0 Å². The molecule has 0 aliphatic heterocycles. The number of fused-ring (bicyclic) bond motifs is 1. The molecule has 6 nitrogen and oxygen atoms in total. The van der Waals surface area contributed by atoms with Gasteiger partial charge in [0.05, 0.1) is 0 Å². The molecule has 0 spiro atoms. The molecule has 1 heterocycles. The summed E-state index contributed by atoms with van der Waals surface area (Å²) in [7, 11) is 0. The van der Waals surface area contributed by atoms with Gasteiger partial charge in [-0.25, -0.2) is 9.78 Å². The molecular formula is C22H26N2O4. The van der Waals surface area contributed by atoms with Gasteiger partial charge in [0.15, 0.2) is 17.1 Å². The van der Waals surface area contributed by atoms with Crippen molar-refractivity contribution in [3.05, 3.63) is 60.0 Å². The van der Waals surface area contributed by atoms with Crippen molar-refractivity contribution in [1.82, 2.24) is 10.3 Å². The van der Waals surface area contributed by atoms with Crippen LogP contribution in [0.5, 0.6) is 5.75 Å². The van der Waals surface area contributed by atoms with Crippen molar-refractivity contribution in [3.8, 4) is 5.75 Å². The molecule has 1 aromatic heterocycles. The molecule has 148 valence electrons. The second-order valence-electron chi connectivity index (χ2n) is 7.27. The summed E-state index contributed by atoms with van der Waals surface area (Å²) in [6.45, 7) is 4.66. The first kappa shape index (κ1) is 19.9. The summed E-state index contributed by atoms with van der Waals surface area (Å²) in [5, 5.41) is 12.6. The van der Waals surface area contributed by atoms with Gasteiger partial charge in [0.1, 0.15) is 11.3 Å². The molecule has 0 amide bonds. The first-order chi connectivity index (χ1) is 13.4. The lowest BCUT2D eigenvalue weighted by Gasteiger charge is -2.21. The number of hydrogen-bond donors (Lipinski definition) is 2. The first-order valence-corrected chi connectivity index (χ1v) is 9.50. The van der Waals surface area contributed by atoms with Crippen LogP contribution in [0, 0.1) is 0 Å². The first-order valence-electron chi connectivity index (χ1n) is 9.50. The van der Waals surface area contributed by atoms with Crippen LogP contribution in [-0.4, -0.2) is 28.2 Å². The number of carboxylic acid groups (broad SMARTS) is 1. The highest BCUT2D eigenvalue weighted by Gasteiger charge is 2.29. The van der Waals surface area contributed by atoms with Crippen LogP contribution in [0.1, 0.15) is 38.1 Å². The predicted octanol–water partition coefficient (Wildman–Crippen LogP) is 4.18. The normalized spacial score (nSPS) is 11.6. The molecule has 6 heteroatoms. The van der Waals surface area contributed by atoms with Gasteiger partial charge in [-0.1, -0.05) is 24.3 Å². The number of aliphatic carboxylic acids is 1. The van der Waals surface area contributed by atoms with Gasteiger partial charge in [0.25, 0.3) is 0 Å². The lowest BCUT2D eigenvalue weighted by atomic mass is 10.1. The highest BCUT2D eigenvalue weighted by atomic mass is 16.5. The van der Waals surface area contributed by atoms with Gasteiger partial charge in [-0.05, 0) is 63.1 Å². The van der Waals surface area contributed by atoms with E-state index in [4.69, 9.17) is 9.15 Å². The zero-order valence-corrected chi connectivity index (χ0v) is 16.3. The fourth-order valence-electron chi connectivity index (χ4n) is 2.84. The van der Waals surface area contributed by atoms with Gasteiger partial charge < -0.3 is 19.6 Å². The van der Waals surface area contributed by atoms with Gasteiger partial charge in [0, 0.05) is 13.0 Å². The average Bonchev–Trinajstić information content (AvgIpc) is 3.07. The Labute approximate surface area is 164 Å². The van der Waals surface area contributed by atoms with Crippen molar-refractivity contribution >= 4 is 17.1 Å². The van der Waals surface area contributed by atoms with Gasteiger partial charge in [-0.2, -0.15) is 0 Å². The van der Waals surface area contributed by atoms with Gasteiger partial charge in [-0.3, -0.25) is 0 Å². The van der Waals surface area contributed by atoms with Gasteiger partial charge in [0.2, 0.25) is 0 Å². The summed E-state index contributed by atoms with van der Waals surface area (Å²) in [6, 6.07) is 15.3. The number of para-hydroxylation sites is 2. The van der Waals surface area contributed by atoms with Crippen LogP contribution in [0.25, 0.3) is 11.1 Å². The third-order valence-electron chi connectivity index (χ3n) is 4.45. The predicted molar refractivity (Wildman–Crippen MR) is 107 cm³/mol. The zero-order chi connectivity index (χ0) is 20.0. The average molecular weight is 382 g/mol. The number of ether oxygens (including phenoxy) is 1. The Morgan fingerprint density at radius 1 is 1.18 bits per heavy atom. The number of aromatic nitrogens is 1. The third-order valence-corrected chi connectivity index (χ3v) is 4.45. The summed E-state index contributed by atoms with van der Waals surface area (Å²) in [4.78, 5) is 15.7. The maximum Gasteiger partial charge on any atom is 0.347 e. The van der Waals surface area contributed by atoms with E-state index in [9.17, 15) is 9.90 Å². The van der Waals surface area contributed by atoms with E-state index in [0.29, 0.717) is 12.3 Å². The Bertz CT molecular complexity index is 900. The molecule has 0 bridgehead atoms. The van der Waals surface area contributed by atoms with E-state index in [2.05, 4.69) is 10.3 Å². The molecule has 0 atom stereocenters. The van der Waals surface area contributed by atoms with Crippen molar-refractivity contribution in [2.75, 3.05) is 6.54 Å². The monoisotopic (exact) mass is 382 g/mol. The fourth-order valence-corrected chi connectivity index (χ4v) is 2.84. The third kappa shape index (κ3) is 5.33. The lowest BCUT2D eigenvalue weighted by molar-refractivity contribution is -0.152. The van der Waals surface area contributed by atoms with E-state index >= 15 is 0 Å². The van der Waals surface area contributed by atoms with E-state index in [-0.39, 0.29) is 0 Å². The number of oxazole rings is 1. The van der Waals surface area contributed by atoms with Crippen molar-refractivity contribution in [2.24, 2.45) is 0 Å².